The maximum absolute atomic E-state index is 5.62. The molecule has 6 nitrogen and oxygen atoms in total. The third-order valence-electron chi connectivity index (χ3n) is 3.63. The van der Waals surface area contributed by atoms with Crippen molar-refractivity contribution in [3.05, 3.63) is 39.3 Å². The quantitative estimate of drug-likeness (QED) is 0.585. The van der Waals surface area contributed by atoms with Crippen molar-refractivity contribution in [1.29, 1.82) is 0 Å². The van der Waals surface area contributed by atoms with Gasteiger partial charge in [0.15, 0.2) is 17.5 Å². The minimum Gasteiger partial charge on any atom is -0.493 e. The number of benzene rings is 1. The average Bonchev–Trinajstić information content (AvgIpc) is 2.93. The molecule has 0 aliphatic carbocycles. The lowest BCUT2D eigenvalue weighted by Gasteiger charge is -2.14. The number of nitrogens with one attached hydrogen (secondary N) is 2. The number of rotatable bonds is 7. The molecular formula is C18H26N4O2S. The van der Waals surface area contributed by atoms with E-state index >= 15 is 0 Å². The third kappa shape index (κ3) is 5.35. The zero-order valence-corrected chi connectivity index (χ0v) is 16.3. The molecule has 1 aromatic heterocycles. The summed E-state index contributed by atoms with van der Waals surface area (Å²) in [5.41, 5.74) is 2.17. The Bertz CT molecular complexity index is 728. The third-order valence-corrected chi connectivity index (χ3v) is 4.70. The van der Waals surface area contributed by atoms with Crippen molar-refractivity contribution in [2.24, 2.45) is 4.99 Å². The van der Waals surface area contributed by atoms with Gasteiger partial charge in [-0.05, 0) is 38.5 Å². The van der Waals surface area contributed by atoms with E-state index in [0.717, 1.165) is 33.7 Å². The van der Waals surface area contributed by atoms with Gasteiger partial charge in [0, 0.05) is 18.5 Å². The van der Waals surface area contributed by atoms with Crippen LogP contribution in [-0.4, -0.2) is 31.7 Å². The molecule has 0 amide bonds. The summed E-state index contributed by atoms with van der Waals surface area (Å²) in [6, 6.07) is 5.92. The smallest absolute Gasteiger partial charge is 0.191 e. The van der Waals surface area contributed by atoms with E-state index < -0.39 is 0 Å². The first-order valence-corrected chi connectivity index (χ1v) is 9.06. The summed E-state index contributed by atoms with van der Waals surface area (Å²) in [6.07, 6.45) is 0. The molecule has 0 fully saturated rings. The van der Waals surface area contributed by atoms with E-state index in [4.69, 9.17) is 9.47 Å². The van der Waals surface area contributed by atoms with E-state index in [1.54, 1.807) is 25.5 Å². The fourth-order valence-electron chi connectivity index (χ4n) is 2.41. The van der Waals surface area contributed by atoms with Crippen molar-refractivity contribution in [3.63, 3.8) is 0 Å². The molecule has 0 aliphatic rings. The zero-order chi connectivity index (χ0) is 18.2. The van der Waals surface area contributed by atoms with E-state index in [1.165, 1.54) is 4.88 Å². The Balaban J connectivity index is 1.94. The summed E-state index contributed by atoms with van der Waals surface area (Å²) in [5, 5.41) is 7.72. The van der Waals surface area contributed by atoms with Crippen LogP contribution in [0.1, 0.15) is 28.1 Å². The van der Waals surface area contributed by atoms with E-state index in [1.807, 2.05) is 39.0 Å². The summed E-state index contributed by atoms with van der Waals surface area (Å²) >= 11 is 1.71. The van der Waals surface area contributed by atoms with E-state index in [0.29, 0.717) is 19.7 Å². The van der Waals surface area contributed by atoms with Crippen molar-refractivity contribution in [1.82, 2.24) is 15.6 Å². The monoisotopic (exact) mass is 362 g/mol. The highest BCUT2D eigenvalue weighted by atomic mass is 32.1. The van der Waals surface area contributed by atoms with Crippen LogP contribution in [0.3, 0.4) is 0 Å². The first-order chi connectivity index (χ1) is 12.1. The van der Waals surface area contributed by atoms with Gasteiger partial charge in [0.2, 0.25) is 0 Å². The van der Waals surface area contributed by atoms with Crippen LogP contribution in [0.2, 0.25) is 0 Å². The Labute approximate surface area is 153 Å². The van der Waals surface area contributed by atoms with Crippen LogP contribution in [0.15, 0.2) is 23.2 Å². The number of aromatic nitrogens is 1. The predicted octanol–water partition coefficient (Wildman–Crippen LogP) is 3.03. The van der Waals surface area contributed by atoms with Crippen LogP contribution in [0.5, 0.6) is 11.5 Å². The normalized spacial score (nSPS) is 11.3. The van der Waals surface area contributed by atoms with Gasteiger partial charge >= 0.3 is 0 Å². The molecule has 0 spiro atoms. The van der Waals surface area contributed by atoms with Crippen molar-refractivity contribution in [2.45, 2.75) is 33.9 Å². The Morgan fingerprint density at radius 3 is 2.56 bits per heavy atom. The SMILES string of the molecule is CCOc1cc(CNC(=NC)NCc2sc(C)nc2C)ccc1OC. The highest BCUT2D eigenvalue weighted by Gasteiger charge is 2.08. The van der Waals surface area contributed by atoms with Gasteiger partial charge in [-0.3, -0.25) is 4.99 Å². The van der Waals surface area contributed by atoms with E-state index in [-0.39, 0.29) is 0 Å². The largest absolute Gasteiger partial charge is 0.493 e. The minimum atomic E-state index is 0.601. The van der Waals surface area contributed by atoms with Gasteiger partial charge < -0.3 is 20.1 Å². The van der Waals surface area contributed by atoms with Gasteiger partial charge in [-0.1, -0.05) is 6.07 Å². The number of guanidine groups is 1. The predicted molar refractivity (Wildman–Crippen MR) is 103 cm³/mol. The number of thiazole rings is 1. The molecule has 1 heterocycles. The van der Waals surface area contributed by atoms with Gasteiger partial charge in [0.25, 0.3) is 0 Å². The molecule has 0 unspecified atom stereocenters. The lowest BCUT2D eigenvalue weighted by Crippen LogP contribution is -2.36. The number of hydrogen-bond acceptors (Lipinski definition) is 5. The summed E-state index contributed by atoms with van der Waals surface area (Å²) in [6.45, 7) is 7.97. The van der Waals surface area contributed by atoms with Crippen LogP contribution in [0.25, 0.3) is 0 Å². The molecule has 2 aromatic rings. The molecule has 25 heavy (non-hydrogen) atoms. The second kappa shape index (κ2) is 9.27. The molecule has 2 rings (SSSR count). The standard InChI is InChI=1S/C18H26N4O2S/c1-6-24-16-9-14(7-8-15(16)23-5)10-20-18(19-4)21-11-17-12(2)22-13(3)25-17/h7-9H,6,10-11H2,1-5H3,(H2,19,20,21). The molecule has 0 radical (unpaired) electrons. The maximum atomic E-state index is 5.62. The highest BCUT2D eigenvalue weighted by Crippen LogP contribution is 2.27. The average molecular weight is 362 g/mol. The fraction of sp³-hybridized carbons (Fsp3) is 0.444. The first-order valence-electron chi connectivity index (χ1n) is 8.24. The molecular weight excluding hydrogens is 336 g/mol. The second-order valence-corrected chi connectivity index (χ2v) is 6.73. The van der Waals surface area contributed by atoms with Gasteiger partial charge in [-0.2, -0.15) is 0 Å². The number of ether oxygens (including phenoxy) is 2. The molecule has 2 N–H and O–H groups in total. The Kier molecular flexibility index (Phi) is 7.06. The number of methoxy groups -OCH3 is 1. The molecule has 0 aliphatic heterocycles. The Morgan fingerprint density at radius 1 is 1.20 bits per heavy atom. The number of aliphatic imine (C=N–C) groups is 1. The maximum Gasteiger partial charge on any atom is 0.191 e. The van der Waals surface area contributed by atoms with Crippen LogP contribution in [0, 0.1) is 13.8 Å². The Hall–Kier alpha value is -2.28. The molecule has 0 bridgehead atoms. The minimum absolute atomic E-state index is 0.601. The molecule has 0 saturated heterocycles. The van der Waals surface area contributed by atoms with Gasteiger partial charge in [0.05, 0.1) is 31.0 Å². The van der Waals surface area contributed by atoms with E-state index in [2.05, 4.69) is 20.6 Å². The lowest BCUT2D eigenvalue weighted by molar-refractivity contribution is 0.310. The van der Waals surface area contributed by atoms with Crippen LogP contribution in [-0.2, 0) is 13.1 Å². The summed E-state index contributed by atoms with van der Waals surface area (Å²) < 4.78 is 10.9. The second-order valence-electron chi connectivity index (χ2n) is 5.44. The summed E-state index contributed by atoms with van der Waals surface area (Å²) in [7, 11) is 3.41. The Morgan fingerprint density at radius 2 is 1.96 bits per heavy atom. The van der Waals surface area contributed by atoms with Crippen molar-refractivity contribution < 1.29 is 9.47 Å². The number of aryl methyl sites for hydroxylation is 2. The molecule has 0 atom stereocenters. The first kappa shape index (κ1) is 19.1. The van der Waals surface area contributed by atoms with Crippen LogP contribution in [0.4, 0.5) is 0 Å². The van der Waals surface area contributed by atoms with Gasteiger partial charge in [0.1, 0.15) is 0 Å². The molecule has 7 heteroatoms. The zero-order valence-electron chi connectivity index (χ0n) is 15.5. The van der Waals surface area contributed by atoms with Crippen molar-refractivity contribution in [3.8, 4) is 11.5 Å². The number of hydrogen-bond donors (Lipinski definition) is 2. The van der Waals surface area contributed by atoms with Crippen LogP contribution >= 0.6 is 11.3 Å². The van der Waals surface area contributed by atoms with Gasteiger partial charge in [-0.25, -0.2) is 4.98 Å². The van der Waals surface area contributed by atoms with Crippen LogP contribution < -0.4 is 20.1 Å². The molecule has 136 valence electrons. The fourth-order valence-corrected chi connectivity index (χ4v) is 3.28. The summed E-state index contributed by atoms with van der Waals surface area (Å²) in [5.74, 6) is 2.24. The highest BCUT2D eigenvalue weighted by molar-refractivity contribution is 7.11. The van der Waals surface area contributed by atoms with Crippen molar-refractivity contribution >= 4 is 17.3 Å². The molecule has 0 saturated carbocycles. The van der Waals surface area contributed by atoms with Gasteiger partial charge in [-0.15, -0.1) is 11.3 Å². The topological polar surface area (TPSA) is 67.8 Å². The van der Waals surface area contributed by atoms with Crippen molar-refractivity contribution in [2.75, 3.05) is 20.8 Å². The lowest BCUT2D eigenvalue weighted by atomic mass is 10.2. The number of nitrogens with zero attached hydrogens (tertiary/aromatic N) is 2. The van der Waals surface area contributed by atoms with E-state index in [9.17, 15) is 0 Å². The molecule has 1 aromatic carbocycles. The summed E-state index contributed by atoms with van der Waals surface area (Å²) in [4.78, 5) is 9.94.